The fourth-order valence-electron chi connectivity index (χ4n) is 2.55. The number of nitrogens with zero attached hydrogens (tertiary/aromatic N) is 2. The van der Waals surface area contributed by atoms with Crippen molar-refractivity contribution in [1.82, 2.24) is 15.0 Å². The molecule has 0 fully saturated rings. The molecule has 2 N–H and O–H groups in total. The Morgan fingerprint density at radius 3 is 2.65 bits per heavy atom. The Balaban J connectivity index is 1.62. The Kier molecular flexibility index (Phi) is 5.22. The lowest BCUT2D eigenvalue weighted by atomic mass is 10.1. The summed E-state index contributed by atoms with van der Waals surface area (Å²) in [4.78, 5) is 35.3. The molecule has 0 saturated carbocycles. The van der Waals surface area contributed by atoms with Crippen molar-refractivity contribution < 1.29 is 9.18 Å². The van der Waals surface area contributed by atoms with Crippen LogP contribution in [0.3, 0.4) is 0 Å². The number of H-pyrrole nitrogens is 1. The highest BCUT2D eigenvalue weighted by molar-refractivity contribution is 7.14. The predicted octanol–water partition coefficient (Wildman–Crippen LogP) is 3.22. The zero-order chi connectivity index (χ0) is 18.7. The van der Waals surface area contributed by atoms with Gasteiger partial charge in [0.15, 0.2) is 5.13 Å². The highest BCUT2D eigenvalue weighted by Gasteiger charge is 2.12. The minimum atomic E-state index is -0.312. The van der Waals surface area contributed by atoms with Crippen LogP contribution in [-0.4, -0.2) is 20.9 Å². The molecule has 26 heavy (non-hydrogen) atoms. The smallest absolute Gasteiger partial charge is 0.254 e. The molecule has 3 aromatic rings. The monoisotopic (exact) mass is 372 g/mol. The lowest BCUT2D eigenvalue weighted by molar-refractivity contribution is -0.116. The van der Waals surface area contributed by atoms with Crippen molar-refractivity contribution in [2.75, 3.05) is 5.32 Å². The molecule has 0 atom stereocenters. The number of aromatic amines is 1. The Hall–Kier alpha value is -2.87. The third-order valence-electron chi connectivity index (χ3n) is 3.83. The van der Waals surface area contributed by atoms with Gasteiger partial charge in [-0.1, -0.05) is 0 Å². The van der Waals surface area contributed by atoms with Crippen molar-refractivity contribution >= 4 is 22.4 Å². The van der Waals surface area contributed by atoms with Gasteiger partial charge in [-0.25, -0.2) is 14.4 Å². The van der Waals surface area contributed by atoms with Crippen LogP contribution in [0.15, 0.2) is 34.4 Å². The van der Waals surface area contributed by atoms with Crippen LogP contribution in [0.25, 0.3) is 11.3 Å². The van der Waals surface area contributed by atoms with E-state index in [9.17, 15) is 14.0 Å². The number of halogens is 1. The third-order valence-corrected chi connectivity index (χ3v) is 4.59. The van der Waals surface area contributed by atoms with E-state index in [1.807, 2.05) is 0 Å². The summed E-state index contributed by atoms with van der Waals surface area (Å²) in [5.41, 5.74) is 2.37. The summed E-state index contributed by atoms with van der Waals surface area (Å²) >= 11 is 1.29. The summed E-state index contributed by atoms with van der Waals surface area (Å²) in [7, 11) is 0. The molecule has 6 nitrogen and oxygen atoms in total. The number of hydrogen-bond donors (Lipinski definition) is 2. The summed E-state index contributed by atoms with van der Waals surface area (Å²) in [5.74, 6) is 0.00886. The minimum Gasteiger partial charge on any atom is -0.311 e. The summed E-state index contributed by atoms with van der Waals surface area (Å²) in [6.07, 6.45) is 0.455. The van der Waals surface area contributed by atoms with Gasteiger partial charge in [0, 0.05) is 28.6 Å². The van der Waals surface area contributed by atoms with Crippen LogP contribution in [0.4, 0.5) is 9.52 Å². The summed E-state index contributed by atoms with van der Waals surface area (Å²) in [6.45, 7) is 3.47. The number of thiazole rings is 1. The molecule has 0 bridgehead atoms. The summed E-state index contributed by atoms with van der Waals surface area (Å²) < 4.78 is 13.0. The van der Waals surface area contributed by atoms with Crippen molar-refractivity contribution in [3.63, 3.8) is 0 Å². The number of hydrogen-bond acceptors (Lipinski definition) is 5. The molecule has 8 heteroatoms. The van der Waals surface area contributed by atoms with Gasteiger partial charge in [0.05, 0.1) is 5.69 Å². The number of rotatable bonds is 5. The first-order chi connectivity index (χ1) is 12.4. The standard InChI is InChI=1S/C18H17FN4O2S/c1-10-14(17(25)21-11(2)20-10)7-8-16(24)23-18-22-15(9-26-18)12-3-5-13(19)6-4-12/h3-6,9H,7-8H2,1-2H3,(H,20,21,25)(H,22,23,24). The molecule has 2 aromatic heterocycles. The lowest BCUT2D eigenvalue weighted by Crippen LogP contribution is -2.20. The molecule has 0 aliphatic rings. The molecule has 0 aliphatic carbocycles. The molecule has 1 aromatic carbocycles. The SMILES string of the molecule is Cc1nc(C)c(CCC(=O)Nc2nc(-c3ccc(F)cc3)cs2)c(=O)[nH]1. The molecular formula is C18H17FN4O2S. The fourth-order valence-corrected chi connectivity index (χ4v) is 3.29. The van der Waals surface area contributed by atoms with Gasteiger partial charge < -0.3 is 10.3 Å². The molecule has 0 aliphatic heterocycles. The lowest BCUT2D eigenvalue weighted by Gasteiger charge is -2.05. The molecular weight excluding hydrogens is 355 g/mol. The van der Waals surface area contributed by atoms with Gasteiger partial charge >= 0.3 is 0 Å². The molecule has 134 valence electrons. The second-order valence-electron chi connectivity index (χ2n) is 5.81. The first-order valence-corrected chi connectivity index (χ1v) is 8.88. The molecule has 0 saturated heterocycles. The van der Waals surface area contributed by atoms with Gasteiger partial charge in [-0.3, -0.25) is 9.59 Å². The van der Waals surface area contributed by atoms with Crippen molar-refractivity contribution in [3.8, 4) is 11.3 Å². The van der Waals surface area contributed by atoms with E-state index in [4.69, 9.17) is 0 Å². The Bertz CT molecular complexity index is 995. The van der Waals surface area contributed by atoms with Crippen LogP contribution in [0, 0.1) is 19.7 Å². The van der Waals surface area contributed by atoms with E-state index in [1.54, 1.807) is 31.4 Å². The van der Waals surface area contributed by atoms with Gasteiger partial charge in [-0.2, -0.15) is 0 Å². The largest absolute Gasteiger partial charge is 0.311 e. The average Bonchev–Trinajstić information content (AvgIpc) is 3.03. The first kappa shape index (κ1) is 17.9. The van der Waals surface area contributed by atoms with E-state index < -0.39 is 0 Å². The number of carbonyl (C=O) groups is 1. The van der Waals surface area contributed by atoms with Gasteiger partial charge in [0.1, 0.15) is 11.6 Å². The van der Waals surface area contributed by atoms with Crippen molar-refractivity contribution in [2.45, 2.75) is 26.7 Å². The zero-order valence-corrected chi connectivity index (χ0v) is 15.1. The Morgan fingerprint density at radius 1 is 1.23 bits per heavy atom. The van der Waals surface area contributed by atoms with E-state index in [2.05, 4.69) is 20.3 Å². The Labute approximate surface area is 153 Å². The number of anilines is 1. The average molecular weight is 372 g/mol. The van der Waals surface area contributed by atoms with Gasteiger partial charge in [-0.05, 0) is 44.5 Å². The Morgan fingerprint density at radius 2 is 1.96 bits per heavy atom. The second-order valence-corrected chi connectivity index (χ2v) is 6.67. The minimum absolute atomic E-state index is 0.153. The maximum atomic E-state index is 13.0. The maximum absolute atomic E-state index is 13.0. The fraction of sp³-hybridized carbons (Fsp3) is 0.222. The van der Waals surface area contributed by atoms with Crippen LogP contribution in [0.2, 0.25) is 0 Å². The molecule has 0 radical (unpaired) electrons. The zero-order valence-electron chi connectivity index (χ0n) is 14.3. The number of nitrogens with one attached hydrogen (secondary N) is 2. The maximum Gasteiger partial charge on any atom is 0.254 e. The van der Waals surface area contributed by atoms with E-state index in [1.165, 1.54) is 23.5 Å². The van der Waals surface area contributed by atoms with Crippen LogP contribution >= 0.6 is 11.3 Å². The first-order valence-electron chi connectivity index (χ1n) is 8.00. The van der Waals surface area contributed by atoms with E-state index in [-0.39, 0.29) is 23.7 Å². The van der Waals surface area contributed by atoms with E-state index in [0.29, 0.717) is 34.3 Å². The van der Waals surface area contributed by atoms with Gasteiger partial charge in [0.2, 0.25) is 5.91 Å². The summed E-state index contributed by atoms with van der Waals surface area (Å²) in [6, 6.07) is 6.00. The number of aryl methyl sites for hydroxylation is 2. The van der Waals surface area contributed by atoms with Gasteiger partial charge in [-0.15, -0.1) is 11.3 Å². The molecule has 0 spiro atoms. The number of aromatic nitrogens is 3. The molecule has 1 amide bonds. The van der Waals surface area contributed by atoms with E-state index in [0.717, 1.165) is 5.56 Å². The molecule has 3 rings (SSSR count). The molecule has 0 unspecified atom stereocenters. The summed E-state index contributed by atoms with van der Waals surface area (Å²) in [5, 5.41) is 4.98. The van der Waals surface area contributed by atoms with E-state index >= 15 is 0 Å². The second kappa shape index (κ2) is 7.57. The van der Waals surface area contributed by atoms with Crippen molar-refractivity contribution in [2.24, 2.45) is 0 Å². The van der Waals surface area contributed by atoms with Crippen LogP contribution < -0.4 is 10.9 Å². The van der Waals surface area contributed by atoms with Gasteiger partial charge in [0.25, 0.3) is 5.56 Å². The highest BCUT2D eigenvalue weighted by atomic mass is 32.1. The van der Waals surface area contributed by atoms with Crippen molar-refractivity contribution in [3.05, 3.63) is 62.9 Å². The number of amides is 1. The molecule has 2 heterocycles. The predicted molar refractivity (Wildman–Crippen MR) is 98.8 cm³/mol. The third kappa shape index (κ3) is 4.20. The normalized spacial score (nSPS) is 10.7. The van der Waals surface area contributed by atoms with Crippen molar-refractivity contribution in [1.29, 1.82) is 0 Å². The van der Waals surface area contributed by atoms with Crippen LogP contribution in [0.5, 0.6) is 0 Å². The quantitative estimate of drug-likeness (QED) is 0.720. The highest BCUT2D eigenvalue weighted by Crippen LogP contribution is 2.25. The number of benzene rings is 1. The topological polar surface area (TPSA) is 87.7 Å². The van der Waals surface area contributed by atoms with Crippen LogP contribution in [0.1, 0.15) is 23.5 Å². The van der Waals surface area contributed by atoms with Crippen LogP contribution in [-0.2, 0) is 11.2 Å². The number of carbonyl (C=O) groups excluding carboxylic acids is 1.